The third-order valence-corrected chi connectivity index (χ3v) is 2.92. The molecular weight excluding hydrogens is 653 g/mol. The van der Waals surface area contributed by atoms with Crippen LogP contribution in [0.3, 0.4) is 0 Å². The van der Waals surface area contributed by atoms with E-state index in [-0.39, 0.29) is 79.3 Å². The van der Waals surface area contributed by atoms with Crippen LogP contribution in [0.4, 0.5) is 0 Å². The van der Waals surface area contributed by atoms with Gasteiger partial charge in [-0.05, 0) is 0 Å². The van der Waals surface area contributed by atoms with Gasteiger partial charge in [-0.25, -0.2) is 19.2 Å². The molecule has 0 N–H and O–H groups in total. The topological polar surface area (TPSA) is 142 Å². The summed E-state index contributed by atoms with van der Waals surface area (Å²) in [4.78, 5) is 45.4. The zero-order chi connectivity index (χ0) is 25.9. The van der Waals surface area contributed by atoms with Crippen molar-refractivity contribution in [1.82, 2.24) is 0 Å². The van der Waals surface area contributed by atoms with Crippen molar-refractivity contribution < 1.29 is 83.3 Å². The number of hydrogen-bond acceptors (Lipinski definition) is 12. The third kappa shape index (κ3) is 26.5. The molecule has 34 heavy (non-hydrogen) atoms. The van der Waals surface area contributed by atoms with E-state index in [9.17, 15) is 19.2 Å². The molecule has 0 aromatic rings. The Balaban J connectivity index is 0. The van der Waals surface area contributed by atoms with Gasteiger partial charge in [0.1, 0.15) is 26.4 Å². The van der Waals surface area contributed by atoms with Crippen LogP contribution < -0.4 is 0 Å². The number of rotatable bonds is 0. The summed E-state index contributed by atoms with van der Waals surface area (Å²) in [5.74, 6) is -4.47. The van der Waals surface area contributed by atoms with Crippen LogP contribution in [0.1, 0.15) is 0 Å². The number of carbonyl (C=O) groups excluding carboxylic acids is 4. The first-order valence-corrected chi connectivity index (χ1v) is 14.2. The molecule has 1 fully saturated rings. The molecule has 0 atom stereocenters. The number of hydrogen-bond donors (Lipinski definition) is 0. The fraction of sp³-hybridized carbons (Fsp3) is 0.750. The Morgan fingerprint density at radius 1 is 0.382 bits per heavy atom. The SMILES string of the molecule is O=C1OCCOCCOCCOC(=O)C(=O)OCCOCCOCCOC1=O.[Cl][Cu][Cl].[Cl][Cu][Cl]. The van der Waals surface area contributed by atoms with Gasteiger partial charge in [0.05, 0.1) is 52.9 Å². The van der Waals surface area contributed by atoms with Crippen LogP contribution in [0.2, 0.25) is 0 Å². The molecule has 0 aromatic heterocycles. The Bertz CT molecular complexity index is 458. The molecule has 0 amide bonds. The van der Waals surface area contributed by atoms with Crippen molar-refractivity contribution in [3.05, 3.63) is 0 Å². The van der Waals surface area contributed by atoms with Crippen LogP contribution in [0, 0.1) is 0 Å². The van der Waals surface area contributed by atoms with Crippen molar-refractivity contribution in [3.8, 4) is 0 Å². The van der Waals surface area contributed by atoms with Gasteiger partial charge in [0.15, 0.2) is 0 Å². The predicted octanol–water partition coefficient (Wildman–Crippen LogP) is 0.992. The fourth-order valence-corrected chi connectivity index (χ4v) is 1.65. The van der Waals surface area contributed by atoms with Crippen molar-refractivity contribution in [1.29, 1.82) is 0 Å². The summed E-state index contributed by atoms with van der Waals surface area (Å²) in [5.41, 5.74) is 0. The summed E-state index contributed by atoms with van der Waals surface area (Å²) in [6.45, 7) is 0.512. The summed E-state index contributed by atoms with van der Waals surface area (Å²) < 4.78 is 39.2. The van der Waals surface area contributed by atoms with Crippen molar-refractivity contribution in [2.45, 2.75) is 0 Å². The van der Waals surface area contributed by atoms with Gasteiger partial charge in [0.2, 0.25) is 0 Å². The molecule has 0 aliphatic carbocycles. The second-order valence-electron chi connectivity index (χ2n) is 5.08. The number of esters is 4. The summed E-state index contributed by atoms with van der Waals surface area (Å²) >= 11 is 1.51. The standard InChI is InChI=1S/C16H24O12.4ClH.2Cu/c17-13-14(18)27-11-7-23-3-4-24-8-12-28-16(20)15(19)26-10-6-22-2-1-21-5-9-25-13;;;;;;/h1-12H2;4*1H;;/q;;;;;2*+2/p-4. The summed E-state index contributed by atoms with van der Waals surface area (Å²) in [7, 11) is 18.7. The van der Waals surface area contributed by atoms with Crippen LogP contribution >= 0.6 is 40.4 Å². The van der Waals surface area contributed by atoms with Gasteiger partial charge in [-0.15, -0.1) is 0 Å². The van der Waals surface area contributed by atoms with E-state index < -0.39 is 23.9 Å². The molecule has 0 bridgehead atoms. The van der Waals surface area contributed by atoms with Crippen LogP contribution in [0.15, 0.2) is 0 Å². The van der Waals surface area contributed by atoms with Gasteiger partial charge in [-0.2, -0.15) is 0 Å². The predicted molar refractivity (Wildman–Crippen MR) is 111 cm³/mol. The Kier molecular flexibility index (Phi) is 30.9. The Hall–Kier alpha value is -0.0810. The van der Waals surface area contributed by atoms with Crippen molar-refractivity contribution in [2.75, 3.05) is 79.3 Å². The first kappa shape index (κ1) is 36.1. The number of carbonyl (C=O) groups is 4. The molecule has 0 spiro atoms. The van der Waals surface area contributed by atoms with E-state index in [0.717, 1.165) is 26.3 Å². The molecule has 0 saturated carbocycles. The summed E-state index contributed by atoms with van der Waals surface area (Å²) in [6.07, 6.45) is 0. The minimum absolute atomic E-state index is 0.0618. The monoisotopic (exact) mass is 674 g/mol. The normalized spacial score (nSPS) is 18.9. The molecule has 18 heteroatoms. The maximum atomic E-state index is 11.4. The van der Waals surface area contributed by atoms with Crippen LogP contribution in [-0.4, -0.2) is 103 Å². The molecule has 0 unspecified atom stereocenters. The van der Waals surface area contributed by atoms with E-state index in [2.05, 4.69) is 59.3 Å². The Morgan fingerprint density at radius 3 is 0.706 bits per heavy atom. The van der Waals surface area contributed by atoms with Crippen molar-refractivity contribution in [3.63, 3.8) is 0 Å². The third-order valence-electron chi connectivity index (χ3n) is 2.92. The Morgan fingerprint density at radius 2 is 0.529 bits per heavy atom. The van der Waals surface area contributed by atoms with Crippen LogP contribution in [-0.2, 0) is 83.3 Å². The first-order chi connectivity index (χ1) is 16.4. The molecule has 210 valence electrons. The summed E-state index contributed by atoms with van der Waals surface area (Å²) in [6, 6.07) is 0. The first-order valence-electron chi connectivity index (χ1n) is 9.05. The van der Waals surface area contributed by atoms with E-state index in [1.807, 2.05) is 0 Å². The average Bonchev–Trinajstić information content (AvgIpc) is 2.81. The van der Waals surface area contributed by atoms with Gasteiger partial charge in [0, 0.05) is 0 Å². The molecule has 1 heterocycles. The minimum atomic E-state index is -1.12. The van der Waals surface area contributed by atoms with Crippen molar-refractivity contribution >= 4 is 64.3 Å². The van der Waals surface area contributed by atoms with Crippen molar-refractivity contribution in [2.24, 2.45) is 0 Å². The number of halogens is 4. The van der Waals surface area contributed by atoms with E-state index in [1.165, 1.54) is 0 Å². The second-order valence-corrected chi connectivity index (χ2v) is 8.19. The Labute approximate surface area is 225 Å². The van der Waals surface area contributed by atoms with Gasteiger partial charge >= 0.3 is 90.5 Å². The fourth-order valence-electron chi connectivity index (χ4n) is 1.65. The summed E-state index contributed by atoms with van der Waals surface area (Å²) in [5, 5.41) is 0. The van der Waals surface area contributed by atoms with E-state index >= 15 is 0 Å². The number of ether oxygens (including phenoxy) is 8. The zero-order valence-electron chi connectivity index (χ0n) is 17.5. The van der Waals surface area contributed by atoms with E-state index in [4.69, 9.17) is 18.9 Å². The zero-order valence-corrected chi connectivity index (χ0v) is 22.4. The molecule has 0 aromatic carbocycles. The van der Waals surface area contributed by atoms with Gasteiger partial charge in [0.25, 0.3) is 0 Å². The van der Waals surface area contributed by atoms with Gasteiger partial charge < -0.3 is 37.9 Å². The average molecular weight is 677 g/mol. The number of cyclic esters (lactones) is 4. The maximum absolute atomic E-state index is 11.4. The van der Waals surface area contributed by atoms with Crippen LogP contribution in [0.5, 0.6) is 0 Å². The van der Waals surface area contributed by atoms with E-state index in [1.54, 1.807) is 0 Å². The molecular formula is C16H24Cl4Cu2O12. The second kappa shape index (κ2) is 29.2. The molecule has 1 rings (SSSR count). The molecule has 1 saturated heterocycles. The van der Waals surface area contributed by atoms with Gasteiger partial charge in [-0.3, -0.25) is 0 Å². The molecule has 12 nitrogen and oxygen atoms in total. The van der Waals surface area contributed by atoms with E-state index in [0.29, 0.717) is 0 Å². The quantitative estimate of drug-likeness (QED) is 0.156. The van der Waals surface area contributed by atoms with Crippen LogP contribution in [0.25, 0.3) is 0 Å². The molecule has 1 aliphatic rings. The van der Waals surface area contributed by atoms with Gasteiger partial charge in [-0.1, -0.05) is 0 Å². The molecule has 0 radical (unpaired) electrons. The molecule has 1 aliphatic heterocycles.